The van der Waals surface area contributed by atoms with Gasteiger partial charge in [-0.2, -0.15) is 0 Å². The molecule has 10 heteroatoms. The lowest BCUT2D eigenvalue weighted by molar-refractivity contribution is -0.140. The summed E-state index contributed by atoms with van der Waals surface area (Å²) in [6.07, 6.45) is 0. The molecule has 2 fully saturated rings. The molecule has 0 saturated carbocycles. The van der Waals surface area contributed by atoms with Crippen molar-refractivity contribution in [2.45, 2.75) is 17.7 Å². The minimum atomic E-state index is -1.29. The summed E-state index contributed by atoms with van der Waals surface area (Å²) in [7, 11) is 5.62. The first-order valence-electron chi connectivity index (χ1n) is 13.8. The van der Waals surface area contributed by atoms with Crippen molar-refractivity contribution in [1.29, 1.82) is 0 Å². The van der Waals surface area contributed by atoms with Crippen molar-refractivity contribution in [2.75, 3.05) is 60.5 Å². The Kier molecular flexibility index (Phi) is 9.38. The van der Waals surface area contributed by atoms with E-state index in [4.69, 9.17) is 32.7 Å². The van der Waals surface area contributed by atoms with E-state index in [1.807, 2.05) is 85.7 Å². The lowest BCUT2D eigenvalue weighted by Crippen LogP contribution is -2.61. The van der Waals surface area contributed by atoms with Crippen molar-refractivity contribution >= 4 is 29.1 Å². The minimum absolute atomic E-state index is 0.0583. The fourth-order valence-electron chi connectivity index (χ4n) is 5.46. The number of ether oxygens (including phenoxy) is 2. The number of halogens is 2. The first-order chi connectivity index (χ1) is 19.8. The summed E-state index contributed by atoms with van der Waals surface area (Å²) in [5, 5.41) is 12.2. The molecule has 0 bridgehead atoms. The van der Waals surface area contributed by atoms with Crippen LogP contribution in [0.15, 0.2) is 66.7 Å². The van der Waals surface area contributed by atoms with Crippen molar-refractivity contribution in [3.63, 3.8) is 0 Å². The molecular weight excluding hydrogens is 561 g/mol. The molecule has 2 saturated heterocycles. The lowest BCUT2D eigenvalue weighted by atomic mass is 9.95. The van der Waals surface area contributed by atoms with Crippen molar-refractivity contribution in [1.82, 2.24) is 25.8 Å². The predicted molar refractivity (Wildman–Crippen MR) is 163 cm³/mol. The quantitative estimate of drug-likeness (QED) is 0.341. The zero-order valence-electron chi connectivity index (χ0n) is 23.6. The van der Waals surface area contributed by atoms with Crippen LogP contribution in [-0.2, 0) is 10.5 Å². The average Bonchev–Trinajstić information content (AvgIpc) is 3.39. The molecule has 2 atom stereocenters. The summed E-state index contributed by atoms with van der Waals surface area (Å²) >= 11 is 12.5. The van der Waals surface area contributed by atoms with Gasteiger partial charge >= 0.3 is 0 Å². The van der Waals surface area contributed by atoms with Gasteiger partial charge in [0, 0.05) is 54.4 Å². The molecule has 0 aliphatic carbocycles. The van der Waals surface area contributed by atoms with Crippen LogP contribution in [0.25, 0.3) is 0 Å². The molecule has 0 spiro atoms. The highest BCUT2D eigenvalue weighted by Gasteiger charge is 2.54. The van der Waals surface area contributed by atoms with E-state index in [9.17, 15) is 4.79 Å². The number of hydrogen-bond acceptors (Lipinski definition) is 7. The van der Waals surface area contributed by atoms with Crippen LogP contribution in [0.4, 0.5) is 0 Å². The third-order valence-corrected chi connectivity index (χ3v) is 8.15. The van der Waals surface area contributed by atoms with Gasteiger partial charge in [0.15, 0.2) is 5.66 Å². The van der Waals surface area contributed by atoms with Crippen LogP contribution in [0.1, 0.15) is 28.8 Å². The molecular formula is C31H37Cl2N5O3. The Morgan fingerprint density at radius 2 is 1.49 bits per heavy atom. The largest absolute Gasteiger partial charge is 0.497 e. The molecule has 2 unspecified atom stereocenters. The third kappa shape index (κ3) is 6.48. The molecule has 0 radical (unpaired) electrons. The summed E-state index contributed by atoms with van der Waals surface area (Å²) in [4.78, 5) is 18.7. The number of carbonyl (C=O) groups excluding carboxylic acids is 1. The number of carbonyl (C=O) groups is 1. The van der Waals surface area contributed by atoms with Crippen LogP contribution in [0.3, 0.4) is 0 Å². The highest BCUT2D eigenvalue weighted by Crippen LogP contribution is 2.45. The number of nitrogens with zero attached hydrogens (tertiary/aromatic N) is 2. The molecule has 5 rings (SSSR count). The van der Waals surface area contributed by atoms with E-state index >= 15 is 0 Å². The summed E-state index contributed by atoms with van der Waals surface area (Å²) in [5.41, 5.74) is 1.42. The van der Waals surface area contributed by atoms with Crippen LogP contribution in [0, 0.1) is 0 Å². The second-order valence-electron chi connectivity index (χ2n) is 10.7. The highest BCUT2D eigenvalue weighted by atomic mass is 35.5. The summed E-state index contributed by atoms with van der Waals surface area (Å²) in [6.45, 7) is 3.85. The zero-order valence-corrected chi connectivity index (χ0v) is 25.1. The van der Waals surface area contributed by atoms with Crippen LogP contribution < -0.4 is 25.4 Å². The van der Waals surface area contributed by atoms with E-state index in [0.29, 0.717) is 46.8 Å². The molecule has 41 heavy (non-hydrogen) atoms. The van der Waals surface area contributed by atoms with Gasteiger partial charge in [0.05, 0.1) is 19.2 Å². The summed E-state index contributed by atoms with van der Waals surface area (Å²) < 4.78 is 11.9. The van der Waals surface area contributed by atoms with E-state index in [2.05, 4.69) is 20.9 Å². The zero-order chi connectivity index (χ0) is 29.0. The van der Waals surface area contributed by atoms with Crippen LogP contribution in [-0.4, -0.2) is 76.2 Å². The Bertz CT molecular complexity index is 1280. The monoisotopic (exact) mass is 597 g/mol. The van der Waals surface area contributed by atoms with Crippen molar-refractivity contribution < 1.29 is 14.3 Å². The third-order valence-electron chi connectivity index (χ3n) is 7.65. The molecule has 218 valence electrons. The number of piperazine rings is 1. The number of hydrogen-bond donors (Lipinski definition) is 3. The maximum Gasteiger partial charge on any atom is 0.262 e. The normalized spacial score (nSPS) is 22.6. The molecule has 3 aromatic carbocycles. The molecule has 3 aromatic rings. The van der Waals surface area contributed by atoms with Gasteiger partial charge in [-0.05, 0) is 61.6 Å². The standard InChI is InChI=1S/C31H37Cl2N5O3/c1-37(2)18-19-41-27-20-25(40-3)12-13-26(27)31(30(39)38-16-14-34-15-17-38)35-28(21-4-8-23(32)9-5-21)29(36-31)22-6-10-24(33)11-7-22/h4-13,20,28-29,34-36H,14-19H2,1-3H3. The Balaban J connectivity index is 1.65. The molecule has 2 aliphatic heterocycles. The van der Waals surface area contributed by atoms with Gasteiger partial charge in [-0.3, -0.25) is 15.4 Å². The van der Waals surface area contributed by atoms with Crippen molar-refractivity contribution in [3.8, 4) is 11.5 Å². The van der Waals surface area contributed by atoms with Gasteiger partial charge in [-0.15, -0.1) is 0 Å². The predicted octanol–water partition coefficient (Wildman–Crippen LogP) is 4.20. The first kappa shape index (κ1) is 29.6. The van der Waals surface area contributed by atoms with E-state index < -0.39 is 5.66 Å². The SMILES string of the molecule is COc1ccc(C2(C(=O)N3CCNCC3)NC(c3ccc(Cl)cc3)C(c3ccc(Cl)cc3)N2)c(OCCN(C)C)c1. The average molecular weight is 599 g/mol. The molecule has 0 aromatic heterocycles. The maximum atomic E-state index is 14.7. The Labute approximate surface area is 251 Å². The van der Waals surface area contributed by atoms with Gasteiger partial charge in [0.1, 0.15) is 18.1 Å². The molecule has 2 aliphatic rings. The second-order valence-corrected chi connectivity index (χ2v) is 11.5. The van der Waals surface area contributed by atoms with Crippen LogP contribution >= 0.6 is 23.2 Å². The van der Waals surface area contributed by atoms with E-state index in [1.54, 1.807) is 7.11 Å². The fraction of sp³-hybridized carbons (Fsp3) is 0.387. The van der Waals surface area contributed by atoms with E-state index in [-0.39, 0.29) is 18.0 Å². The Morgan fingerprint density at radius 1 is 0.927 bits per heavy atom. The van der Waals surface area contributed by atoms with Crippen molar-refractivity contribution in [2.24, 2.45) is 0 Å². The van der Waals surface area contributed by atoms with Gasteiger partial charge in [0.2, 0.25) is 0 Å². The number of amides is 1. The van der Waals surface area contributed by atoms with Gasteiger partial charge in [0.25, 0.3) is 5.91 Å². The highest BCUT2D eigenvalue weighted by molar-refractivity contribution is 6.30. The summed E-state index contributed by atoms with van der Waals surface area (Å²) in [5.74, 6) is 1.18. The van der Waals surface area contributed by atoms with Gasteiger partial charge in [-0.1, -0.05) is 47.5 Å². The van der Waals surface area contributed by atoms with E-state index in [1.165, 1.54) is 0 Å². The number of rotatable bonds is 9. The second kappa shape index (κ2) is 13.0. The van der Waals surface area contributed by atoms with Crippen molar-refractivity contribution in [3.05, 3.63) is 93.5 Å². The lowest BCUT2D eigenvalue weighted by Gasteiger charge is -2.38. The van der Waals surface area contributed by atoms with Crippen LogP contribution in [0.5, 0.6) is 11.5 Å². The molecule has 1 amide bonds. The van der Waals surface area contributed by atoms with Gasteiger partial charge < -0.3 is 24.6 Å². The summed E-state index contributed by atoms with van der Waals surface area (Å²) in [6, 6.07) is 20.6. The number of methoxy groups -OCH3 is 1. The Morgan fingerprint density at radius 3 is 2.00 bits per heavy atom. The number of nitrogens with one attached hydrogen (secondary N) is 3. The minimum Gasteiger partial charge on any atom is -0.497 e. The maximum absolute atomic E-state index is 14.7. The first-order valence-corrected chi connectivity index (χ1v) is 14.6. The smallest absolute Gasteiger partial charge is 0.262 e. The molecule has 2 heterocycles. The fourth-order valence-corrected chi connectivity index (χ4v) is 5.71. The topological polar surface area (TPSA) is 78.1 Å². The number of likely N-dealkylation sites (N-methyl/N-ethyl adjacent to an activating group) is 1. The van der Waals surface area contributed by atoms with Gasteiger partial charge in [-0.25, -0.2) is 0 Å². The number of benzene rings is 3. The molecule has 3 N–H and O–H groups in total. The van der Waals surface area contributed by atoms with E-state index in [0.717, 1.165) is 30.8 Å². The molecule has 8 nitrogen and oxygen atoms in total. The van der Waals surface area contributed by atoms with Crippen LogP contribution in [0.2, 0.25) is 10.0 Å². The Hall–Kier alpha value is -2.85.